The molecular weight excluding hydrogens is 590 g/mol. The third-order valence-corrected chi connectivity index (χ3v) is 7.34. The largest absolute Gasteiger partial charge is 0.469 e. The van der Waals surface area contributed by atoms with Crippen LogP contribution in [0, 0.1) is 0 Å². The highest BCUT2D eigenvalue weighted by Gasteiger charge is 2.25. The van der Waals surface area contributed by atoms with E-state index in [1.54, 1.807) is 18.3 Å². The Hall–Kier alpha value is -3.88. The Kier molecular flexibility index (Phi) is 11.2. The summed E-state index contributed by atoms with van der Waals surface area (Å²) in [6, 6.07) is 5.14. The summed E-state index contributed by atoms with van der Waals surface area (Å²) in [5.41, 5.74) is 0.767. The number of methoxy groups -OCH3 is 1. The average molecular weight is 623 g/mol. The topological polar surface area (TPSA) is 161 Å². The second-order valence-corrected chi connectivity index (χ2v) is 10.6. The molecule has 4 atom stereocenters. The summed E-state index contributed by atoms with van der Waals surface area (Å²) in [5, 5.41) is 27.0. The van der Waals surface area contributed by atoms with Crippen LogP contribution >= 0.6 is 11.6 Å². The Labute approximate surface area is 251 Å². The molecule has 43 heavy (non-hydrogen) atoms. The van der Waals surface area contributed by atoms with Gasteiger partial charge in [0.15, 0.2) is 5.75 Å². The summed E-state index contributed by atoms with van der Waals surface area (Å²) in [5.74, 6) is 0.296. The highest BCUT2D eigenvalue weighted by molar-refractivity contribution is 6.31. The summed E-state index contributed by atoms with van der Waals surface area (Å²) in [6.07, 6.45) is 6.36. The zero-order valence-electron chi connectivity index (χ0n) is 23.3. The Bertz CT molecular complexity index is 1410. The summed E-state index contributed by atoms with van der Waals surface area (Å²) in [7, 11) is 1.23. The van der Waals surface area contributed by atoms with E-state index in [9.17, 15) is 28.6 Å². The van der Waals surface area contributed by atoms with Crippen LogP contribution in [0.3, 0.4) is 0 Å². The maximum atomic E-state index is 12.8. The van der Waals surface area contributed by atoms with Crippen molar-refractivity contribution in [3.05, 3.63) is 63.9 Å². The molecule has 0 unspecified atom stereocenters. The fraction of sp³-hybridized carbons (Fsp3) is 0.464. The average Bonchev–Trinajstić information content (AvgIpc) is 3.40. The number of ether oxygens (including phenoxy) is 2. The lowest BCUT2D eigenvalue weighted by Gasteiger charge is -2.16. The Balaban J connectivity index is 1.28. The Morgan fingerprint density at radius 2 is 1.84 bits per heavy atom. The molecule has 3 heterocycles. The molecule has 0 radical (unpaired) electrons. The van der Waals surface area contributed by atoms with Crippen LogP contribution in [0.25, 0.3) is 5.69 Å². The Morgan fingerprint density at radius 3 is 2.49 bits per heavy atom. The van der Waals surface area contributed by atoms with E-state index >= 15 is 0 Å². The van der Waals surface area contributed by atoms with Gasteiger partial charge in [0, 0.05) is 24.3 Å². The van der Waals surface area contributed by atoms with Gasteiger partial charge < -0.3 is 30.3 Å². The SMILES string of the molecule is COC(=O)C[C@H](O)C[C@H](O)CCc1cc(=O)n(-c2ccc(N[C@H]3CC[C@H](Nc4ncc(OC(F)F)cn4)C3)nc2)cc1Cl. The molecule has 0 spiro atoms. The van der Waals surface area contributed by atoms with Crippen molar-refractivity contribution < 1.29 is 33.3 Å². The zero-order valence-corrected chi connectivity index (χ0v) is 24.1. The predicted octanol–water partition coefficient (Wildman–Crippen LogP) is 3.33. The summed E-state index contributed by atoms with van der Waals surface area (Å²) in [4.78, 5) is 36.6. The van der Waals surface area contributed by atoms with Gasteiger partial charge in [-0.25, -0.2) is 15.0 Å². The summed E-state index contributed by atoms with van der Waals surface area (Å²) >= 11 is 6.44. The number of anilines is 2. The van der Waals surface area contributed by atoms with E-state index < -0.39 is 24.8 Å². The van der Waals surface area contributed by atoms with Crippen LogP contribution in [0.15, 0.2) is 47.8 Å². The molecule has 0 saturated heterocycles. The molecule has 3 aromatic heterocycles. The molecule has 0 amide bonds. The van der Waals surface area contributed by atoms with Crippen molar-refractivity contribution in [3.8, 4) is 11.4 Å². The molecule has 4 N–H and O–H groups in total. The minimum absolute atomic E-state index is 0.00251. The molecule has 0 aromatic carbocycles. The molecular formula is C28H33ClF2N6O6. The number of aliphatic hydroxyl groups is 2. The van der Waals surface area contributed by atoms with E-state index in [4.69, 9.17) is 11.6 Å². The van der Waals surface area contributed by atoms with Gasteiger partial charge >= 0.3 is 12.6 Å². The van der Waals surface area contributed by atoms with Gasteiger partial charge in [-0.15, -0.1) is 0 Å². The van der Waals surface area contributed by atoms with Crippen LogP contribution in [0.1, 0.15) is 44.1 Å². The highest BCUT2D eigenvalue weighted by Crippen LogP contribution is 2.25. The molecule has 4 rings (SSSR count). The number of carbonyl (C=O) groups excluding carboxylic acids is 1. The molecule has 1 aliphatic carbocycles. The van der Waals surface area contributed by atoms with Crippen molar-refractivity contribution in [3.63, 3.8) is 0 Å². The number of carbonyl (C=O) groups is 1. The van der Waals surface area contributed by atoms with E-state index in [1.165, 1.54) is 36.3 Å². The van der Waals surface area contributed by atoms with Gasteiger partial charge in [0.2, 0.25) is 5.95 Å². The smallest absolute Gasteiger partial charge is 0.387 e. The van der Waals surface area contributed by atoms with Crippen molar-refractivity contribution >= 4 is 29.3 Å². The van der Waals surface area contributed by atoms with Crippen LogP contribution in [0.4, 0.5) is 20.5 Å². The minimum atomic E-state index is -2.93. The molecule has 12 nitrogen and oxygen atoms in total. The fourth-order valence-electron chi connectivity index (χ4n) is 4.86. The second kappa shape index (κ2) is 15.0. The van der Waals surface area contributed by atoms with E-state index in [0.717, 1.165) is 19.3 Å². The lowest BCUT2D eigenvalue weighted by Crippen LogP contribution is -2.23. The summed E-state index contributed by atoms with van der Waals surface area (Å²) < 4.78 is 34.7. The quantitative estimate of drug-likeness (QED) is 0.195. The minimum Gasteiger partial charge on any atom is -0.469 e. The van der Waals surface area contributed by atoms with Gasteiger partial charge in [-0.1, -0.05) is 11.6 Å². The first-order valence-electron chi connectivity index (χ1n) is 13.7. The maximum absolute atomic E-state index is 12.8. The van der Waals surface area contributed by atoms with Gasteiger partial charge in [0.1, 0.15) is 5.82 Å². The fourth-order valence-corrected chi connectivity index (χ4v) is 5.10. The monoisotopic (exact) mass is 622 g/mol. The third-order valence-electron chi connectivity index (χ3n) is 7.00. The number of aromatic nitrogens is 4. The van der Waals surface area contributed by atoms with Gasteiger partial charge in [-0.3, -0.25) is 14.2 Å². The molecule has 15 heteroatoms. The first-order valence-corrected chi connectivity index (χ1v) is 14.1. The van der Waals surface area contributed by atoms with Gasteiger partial charge in [0.05, 0.1) is 55.0 Å². The number of aliphatic hydroxyl groups excluding tert-OH is 2. The third kappa shape index (κ3) is 9.56. The number of nitrogens with one attached hydrogen (secondary N) is 2. The van der Waals surface area contributed by atoms with E-state index in [0.29, 0.717) is 34.5 Å². The number of hydrogen-bond acceptors (Lipinski definition) is 11. The lowest BCUT2D eigenvalue weighted by molar-refractivity contribution is -0.143. The molecule has 232 valence electrons. The van der Waals surface area contributed by atoms with Gasteiger partial charge in [0.25, 0.3) is 5.56 Å². The standard InChI is InChI=1S/C28H33ClF2N6O6/c1-42-26(41)11-21(39)10-20(38)6-2-16-8-25(40)37(15-23(16)29)19-5-7-24(32-12-19)35-17-3-4-18(9-17)36-28-33-13-22(14-34-28)43-27(30)31/h5,7-8,12-15,17-18,20-21,27,38-39H,2-4,6,9-11H2,1H3,(H,32,35)(H,33,34,36)/t17-,18-,20+,21+/m0/s1. The number of hydrogen-bond donors (Lipinski definition) is 4. The molecule has 3 aromatic rings. The van der Waals surface area contributed by atoms with Gasteiger partial charge in [-0.2, -0.15) is 8.78 Å². The zero-order chi connectivity index (χ0) is 30.9. The number of aryl methyl sites for hydroxylation is 1. The highest BCUT2D eigenvalue weighted by atomic mass is 35.5. The van der Waals surface area contributed by atoms with Crippen molar-refractivity contribution in [2.75, 3.05) is 17.7 Å². The van der Waals surface area contributed by atoms with Crippen LogP contribution in [-0.4, -0.2) is 73.7 Å². The van der Waals surface area contributed by atoms with Crippen LogP contribution in [-0.2, 0) is 16.0 Å². The number of pyridine rings is 2. The first kappa shape index (κ1) is 32.0. The van der Waals surface area contributed by atoms with Crippen molar-refractivity contribution in [2.24, 2.45) is 0 Å². The Morgan fingerprint density at radius 1 is 1.12 bits per heavy atom. The molecule has 1 aliphatic rings. The number of rotatable bonds is 14. The van der Waals surface area contributed by atoms with E-state index in [2.05, 4.69) is 35.1 Å². The number of nitrogens with zero attached hydrogens (tertiary/aromatic N) is 4. The first-order chi connectivity index (χ1) is 20.6. The normalized spacial score (nSPS) is 17.8. The molecule has 0 aliphatic heterocycles. The second-order valence-electron chi connectivity index (χ2n) is 10.2. The van der Waals surface area contributed by atoms with Crippen molar-refractivity contribution in [2.45, 2.75) is 75.8 Å². The van der Waals surface area contributed by atoms with Crippen LogP contribution < -0.4 is 20.9 Å². The van der Waals surface area contributed by atoms with Crippen LogP contribution in [0.5, 0.6) is 5.75 Å². The lowest BCUT2D eigenvalue weighted by atomic mass is 10.0. The van der Waals surface area contributed by atoms with Crippen molar-refractivity contribution in [1.82, 2.24) is 19.5 Å². The maximum Gasteiger partial charge on any atom is 0.387 e. The molecule has 1 saturated carbocycles. The van der Waals surface area contributed by atoms with Crippen LogP contribution in [0.2, 0.25) is 5.02 Å². The van der Waals surface area contributed by atoms with E-state index in [-0.39, 0.29) is 42.7 Å². The van der Waals surface area contributed by atoms with Gasteiger partial charge in [-0.05, 0) is 56.2 Å². The number of alkyl halides is 2. The number of halogens is 3. The number of esters is 1. The molecule has 0 bridgehead atoms. The predicted molar refractivity (Wildman–Crippen MR) is 154 cm³/mol. The molecule has 1 fully saturated rings. The van der Waals surface area contributed by atoms with Crippen molar-refractivity contribution in [1.29, 1.82) is 0 Å². The summed E-state index contributed by atoms with van der Waals surface area (Å²) in [6.45, 7) is -2.93. The van der Waals surface area contributed by atoms with E-state index in [1.807, 2.05) is 0 Å².